The molecule has 0 saturated carbocycles. The van der Waals surface area contributed by atoms with Crippen LogP contribution < -0.4 is 15.2 Å². The number of carbonyl (C=O) groups excluding carboxylic acids is 1. The van der Waals surface area contributed by atoms with Crippen molar-refractivity contribution in [1.82, 2.24) is 9.78 Å². The van der Waals surface area contributed by atoms with Gasteiger partial charge in [0.05, 0.1) is 12.7 Å². The molecule has 2 aromatic rings. The van der Waals surface area contributed by atoms with Crippen LogP contribution >= 0.6 is 0 Å². The second kappa shape index (κ2) is 6.02. The van der Waals surface area contributed by atoms with Gasteiger partial charge in [0.1, 0.15) is 16.3 Å². The smallest absolute Gasteiger partial charge is 0.354 e. The van der Waals surface area contributed by atoms with Crippen molar-refractivity contribution in [3.8, 4) is 5.88 Å². The number of fused-ring (bicyclic) bond motifs is 3. The van der Waals surface area contributed by atoms with Crippen LogP contribution in [0.3, 0.4) is 0 Å². The SMILES string of the molecule is CC1(C)Cn2ncc([S@](N)(=O)=NC(=O)Nc3c4c(c(F)c5c3CC5)CCC4)c2O1. The third-order valence-electron chi connectivity index (χ3n) is 5.77. The molecule has 0 spiro atoms. The number of aromatic nitrogens is 2. The van der Waals surface area contributed by atoms with Gasteiger partial charge in [0.15, 0.2) is 9.92 Å². The van der Waals surface area contributed by atoms with Crippen LogP contribution in [0.2, 0.25) is 0 Å². The van der Waals surface area contributed by atoms with Gasteiger partial charge in [-0.25, -0.2) is 23.2 Å². The van der Waals surface area contributed by atoms with Crippen LogP contribution in [0.5, 0.6) is 5.88 Å². The van der Waals surface area contributed by atoms with E-state index in [4.69, 9.17) is 9.88 Å². The molecule has 1 aliphatic heterocycles. The molecule has 1 aromatic heterocycles. The summed E-state index contributed by atoms with van der Waals surface area (Å²) in [7, 11) is -3.56. The number of hydrogen-bond acceptors (Lipinski definition) is 4. The Bertz CT molecular complexity index is 1190. The summed E-state index contributed by atoms with van der Waals surface area (Å²) in [6.07, 6.45) is 4.90. The third kappa shape index (κ3) is 2.84. The van der Waals surface area contributed by atoms with E-state index < -0.39 is 21.5 Å². The lowest BCUT2D eigenvalue weighted by atomic mass is 9.83. The molecule has 1 aromatic carbocycles. The first kappa shape index (κ1) is 18.6. The van der Waals surface area contributed by atoms with E-state index in [9.17, 15) is 13.4 Å². The number of ether oxygens (including phenoxy) is 1. The molecule has 0 radical (unpaired) electrons. The number of nitrogens with two attached hydrogens (primary N) is 1. The molecular formula is C19H22FN5O3S. The summed E-state index contributed by atoms with van der Waals surface area (Å²) in [5, 5.41) is 12.8. The maximum atomic E-state index is 14.6. The molecule has 3 N–H and O–H groups in total. The van der Waals surface area contributed by atoms with E-state index >= 15 is 0 Å². The van der Waals surface area contributed by atoms with E-state index in [1.54, 1.807) is 4.68 Å². The predicted molar refractivity (Wildman–Crippen MR) is 105 cm³/mol. The highest BCUT2D eigenvalue weighted by molar-refractivity contribution is 7.91. The number of amides is 2. The first-order chi connectivity index (χ1) is 13.7. The molecule has 154 valence electrons. The number of rotatable bonds is 2. The fourth-order valence-electron chi connectivity index (χ4n) is 4.40. The molecule has 0 saturated heterocycles. The monoisotopic (exact) mass is 419 g/mol. The minimum absolute atomic E-state index is 0.0931. The average Bonchev–Trinajstić information content (AvgIpc) is 3.24. The van der Waals surface area contributed by atoms with Gasteiger partial charge in [-0.2, -0.15) is 5.10 Å². The number of nitrogens with one attached hydrogen (secondary N) is 1. The highest BCUT2D eigenvalue weighted by Crippen LogP contribution is 2.42. The molecule has 8 nitrogen and oxygen atoms in total. The van der Waals surface area contributed by atoms with E-state index in [-0.39, 0.29) is 16.6 Å². The summed E-state index contributed by atoms with van der Waals surface area (Å²) in [4.78, 5) is 12.7. The summed E-state index contributed by atoms with van der Waals surface area (Å²) in [6.45, 7) is 4.23. The zero-order valence-electron chi connectivity index (χ0n) is 16.2. The van der Waals surface area contributed by atoms with Crippen LogP contribution in [0.1, 0.15) is 42.5 Å². The van der Waals surface area contributed by atoms with Gasteiger partial charge in [0, 0.05) is 5.69 Å². The van der Waals surface area contributed by atoms with Crippen molar-refractivity contribution in [2.75, 3.05) is 5.32 Å². The molecule has 2 amide bonds. The molecule has 2 aliphatic carbocycles. The maximum absolute atomic E-state index is 14.6. The Balaban J connectivity index is 1.48. The van der Waals surface area contributed by atoms with E-state index in [1.807, 2.05) is 13.8 Å². The van der Waals surface area contributed by atoms with E-state index in [0.717, 1.165) is 17.5 Å². The number of hydrogen-bond donors (Lipinski definition) is 2. The van der Waals surface area contributed by atoms with Crippen molar-refractivity contribution in [3.05, 3.63) is 34.3 Å². The Morgan fingerprint density at radius 2 is 1.93 bits per heavy atom. The largest absolute Gasteiger partial charge is 0.469 e. The van der Waals surface area contributed by atoms with Gasteiger partial charge in [-0.1, -0.05) is 0 Å². The highest BCUT2D eigenvalue weighted by Gasteiger charge is 2.36. The van der Waals surface area contributed by atoms with Crippen molar-refractivity contribution in [3.63, 3.8) is 0 Å². The second-order valence-corrected chi connectivity index (χ2v) is 10.1. The second-order valence-electron chi connectivity index (χ2n) is 8.38. The minimum atomic E-state index is -3.56. The molecule has 0 bridgehead atoms. The van der Waals surface area contributed by atoms with Gasteiger partial charge in [0.25, 0.3) is 0 Å². The molecule has 29 heavy (non-hydrogen) atoms. The minimum Gasteiger partial charge on any atom is -0.469 e. The highest BCUT2D eigenvalue weighted by atomic mass is 32.2. The summed E-state index contributed by atoms with van der Waals surface area (Å²) < 4.78 is 38.7. The Morgan fingerprint density at radius 3 is 2.66 bits per heavy atom. The summed E-state index contributed by atoms with van der Waals surface area (Å²) in [5.74, 6) is 0.136. The van der Waals surface area contributed by atoms with Crippen LogP contribution in [-0.2, 0) is 42.1 Å². The number of carbonyl (C=O) groups is 1. The van der Waals surface area contributed by atoms with E-state index in [2.05, 4.69) is 14.8 Å². The standard InChI is InChI=1S/C19H22FN5O3S/c1-19(2)9-25-17(28-19)14(8-22-25)29(21,27)24-18(26)23-16-12-5-3-4-10(12)15(20)11-6-7-13(11)16/h8H,3-7,9H2,1-2H3,(H3,21,23,24,26,27)/t29-/m1/s1. The van der Waals surface area contributed by atoms with Crippen LogP contribution in [0.25, 0.3) is 0 Å². The zero-order valence-corrected chi connectivity index (χ0v) is 17.1. The van der Waals surface area contributed by atoms with Gasteiger partial charge in [-0.3, -0.25) is 0 Å². The summed E-state index contributed by atoms with van der Waals surface area (Å²) in [6, 6.07) is -0.815. The molecule has 3 aliphatic rings. The number of nitrogens with zero attached hydrogens (tertiary/aromatic N) is 3. The maximum Gasteiger partial charge on any atom is 0.354 e. The topological polar surface area (TPSA) is 112 Å². The van der Waals surface area contributed by atoms with Crippen LogP contribution in [0, 0.1) is 5.82 Å². The van der Waals surface area contributed by atoms with Crippen LogP contribution in [-0.4, -0.2) is 25.6 Å². The number of halogens is 1. The first-order valence-corrected chi connectivity index (χ1v) is 11.2. The first-order valence-electron chi connectivity index (χ1n) is 9.62. The van der Waals surface area contributed by atoms with Gasteiger partial charge >= 0.3 is 6.03 Å². The molecule has 0 unspecified atom stereocenters. The average molecular weight is 419 g/mol. The number of anilines is 1. The van der Waals surface area contributed by atoms with Gasteiger partial charge in [-0.15, -0.1) is 4.36 Å². The van der Waals surface area contributed by atoms with E-state index in [1.165, 1.54) is 6.20 Å². The zero-order chi connectivity index (χ0) is 20.6. The Kier molecular flexibility index (Phi) is 3.85. The molecule has 10 heteroatoms. The fourth-order valence-corrected chi connectivity index (χ4v) is 5.39. The van der Waals surface area contributed by atoms with Crippen molar-refractivity contribution >= 4 is 21.6 Å². The van der Waals surface area contributed by atoms with Crippen LogP contribution in [0.15, 0.2) is 15.5 Å². The quantitative estimate of drug-likeness (QED) is 0.779. The van der Waals surface area contributed by atoms with Crippen molar-refractivity contribution in [1.29, 1.82) is 0 Å². The molecule has 5 rings (SSSR count). The normalized spacial score (nSPS) is 20.0. The van der Waals surface area contributed by atoms with Crippen molar-refractivity contribution in [2.24, 2.45) is 9.50 Å². The molecule has 0 fully saturated rings. The molecular weight excluding hydrogens is 397 g/mol. The van der Waals surface area contributed by atoms with Gasteiger partial charge in [0.2, 0.25) is 5.88 Å². The lowest BCUT2D eigenvalue weighted by Gasteiger charge is -2.26. The van der Waals surface area contributed by atoms with Crippen molar-refractivity contribution in [2.45, 2.75) is 63.0 Å². The molecule has 1 atom stereocenters. The fraction of sp³-hybridized carbons (Fsp3) is 0.474. The Labute approximate surface area is 167 Å². The van der Waals surface area contributed by atoms with Gasteiger partial charge < -0.3 is 10.1 Å². The summed E-state index contributed by atoms with van der Waals surface area (Å²) in [5.41, 5.74) is 3.09. The Hall–Kier alpha value is -2.46. The van der Waals surface area contributed by atoms with Gasteiger partial charge in [-0.05, 0) is 68.2 Å². The lowest BCUT2D eigenvalue weighted by Crippen LogP contribution is -2.27. The Morgan fingerprint density at radius 1 is 1.28 bits per heavy atom. The lowest BCUT2D eigenvalue weighted by molar-refractivity contribution is 0.132. The molecule has 2 heterocycles. The van der Waals surface area contributed by atoms with Crippen molar-refractivity contribution < 1.29 is 18.1 Å². The predicted octanol–water partition coefficient (Wildman–Crippen LogP) is 2.71. The van der Waals surface area contributed by atoms with Crippen LogP contribution in [0.4, 0.5) is 14.9 Å². The number of benzene rings is 1. The van der Waals surface area contributed by atoms with E-state index in [0.29, 0.717) is 49.0 Å². The number of urea groups is 1. The summed E-state index contributed by atoms with van der Waals surface area (Å²) >= 11 is 0. The third-order valence-corrected chi connectivity index (χ3v) is 7.12.